The Balaban J connectivity index is 1.42. The SMILES string of the molecule is Cc1cc(C)c2cccc(OCc3c(Cl)ccc(S(=O)(=O)NC4(C(=O)N5CCNCC5)CCN(C(=O)OC(C)(C)C)CC4)c3Cl)c2n1. The van der Waals surface area contributed by atoms with Crippen LogP contribution in [0.5, 0.6) is 5.75 Å². The number of likely N-dealkylation sites (tertiary alicyclic amines) is 1. The fourth-order valence-electron chi connectivity index (χ4n) is 5.98. The third-order valence-corrected chi connectivity index (χ3v) is 10.8. The Bertz CT molecular complexity index is 1780. The number of nitrogens with one attached hydrogen (secondary N) is 2. The molecule has 2 N–H and O–H groups in total. The number of halogens is 2. The molecule has 14 heteroatoms. The predicted molar refractivity (Wildman–Crippen MR) is 182 cm³/mol. The number of nitrogens with zero attached hydrogens (tertiary/aromatic N) is 3. The lowest BCUT2D eigenvalue weighted by atomic mass is 9.87. The number of aromatic nitrogens is 1. The van der Waals surface area contributed by atoms with Crippen LogP contribution in [0.4, 0.5) is 4.79 Å². The minimum Gasteiger partial charge on any atom is -0.487 e. The molecule has 1 aromatic heterocycles. The lowest BCUT2D eigenvalue weighted by Crippen LogP contribution is -2.65. The number of aryl methyl sites for hydroxylation is 2. The topological polar surface area (TPSA) is 130 Å². The van der Waals surface area contributed by atoms with Crippen LogP contribution in [0.2, 0.25) is 10.0 Å². The molecule has 2 aliphatic rings. The predicted octanol–water partition coefficient (Wildman–Crippen LogP) is 5.22. The van der Waals surface area contributed by atoms with Gasteiger partial charge in [0, 0.05) is 60.9 Å². The smallest absolute Gasteiger partial charge is 0.410 e. The highest BCUT2D eigenvalue weighted by Crippen LogP contribution is 2.36. The van der Waals surface area contributed by atoms with Crippen molar-refractivity contribution in [3.05, 3.63) is 63.3 Å². The van der Waals surface area contributed by atoms with Crippen molar-refractivity contribution in [2.24, 2.45) is 0 Å². The van der Waals surface area contributed by atoms with E-state index in [9.17, 15) is 18.0 Å². The lowest BCUT2D eigenvalue weighted by molar-refractivity contribution is -0.140. The van der Waals surface area contributed by atoms with Gasteiger partial charge in [0.1, 0.15) is 33.9 Å². The Kier molecular flexibility index (Phi) is 10.3. The maximum absolute atomic E-state index is 14.1. The second-order valence-electron chi connectivity index (χ2n) is 13.1. The van der Waals surface area contributed by atoms with Crippen LogP contribution in [-0.2, 0) is 26.2 Å². The number of carbonyl (C=O) groups excluding carboxylic acids is 2. The van der Waals surface area contributed by atoms with E-state index in [1.54, 1.807) is 31.7 Å². The van der Waals surface area contributed by atoms with Crippen LogP contribution in [0.1, 0.15) is 50.4 Å². The Labute approximate surface area is 285 Å². The van der Waals surface area contributed by atoms with Gasteiger partial charge in [0.15, 0.2) is 0 Å². The van der Waals surface area contributed by atoms with Crippen LogP contribution in [0.25, 0.3) is 10.9 Å². The number of rotatable bonds is 7. The van der Waals surface area contributed by atoms with Crippen LogP contribution >= 0.6 is 23.2 Å². The average Bonchev–Trinajstić information content (AvgIpc) is 3.00. The zero-order valence-electron chi connectivity index (χ0n) is 27.3. The Morgan fingerprint density at radius 3 is 2.36 bits per heavy atom. The molecule has 0 aliphatic carbocycles. The zero-order chi connectivity index (χ0) is 34.1. The van der Waals surface area contributed by atoms with Gasteiger partial charge in [-0.05, 0) is 77.3 Å². The van der Waals surface area contributed by atoms with Crippen molar-refractivity contribution in [1.29, 1.82) is 0 Å². The summed E-state index contributed by atoms with van der Waals surface area (Å²) in [7, 11) is -4.37. The second kappa shape index (κ2) is 13.8. The van der Waals surface area contributed by atoms with Crippen molar-refractivity contribution in [1.82, 2.24) is 24.8 Å². The first kappa shape index (κ1) is 35.2. The van der Waals surface area contributed by atoms with Crippen LogP contribution in [0.15, 0.2) is 41.3 Å². The summed E-state index contributed by atoms with van der Waals surface area (Å²) in [5.41, 5.74) is 0.641. The quantitative estimate of drug-likeness (QED) is 0.343. The molecule has 2 amide bonds. The van der Waals surface area contributed by atoms with Gasteiger partial charge in [0.05, 0.1) is 5.02 Å². The molecule has 47 heavy (non-hydrogen) atoms. The second-order valence-corrected chi connectivity index (χ2v) is 15.5. The van der Waals surface area contributed by atoms with E-state index in [4.69, 9.17) is 32.7 Å². The van der Waals surface area contributed by atoms with E-state index in [1.807, 2.05) is 32.0 Å². The van der Waals surface area contributed by atoms with Gasteiger partial charge in [0.2, 0.25) is 15.9 Å². The molecule has 0 atom stereocenters. The minimum atomic E-state index is -4.37. The number of para-hydroxylation sites is 1. The molecule has 0 spiro atoms. The summed E-state index contributed by atoms with van der Waals surface area (Å²) in [6.07, 6.45) is -0.398. The molecule has 5 rings (SSSR count). The van der Waals surface area contributed by atoms with E-state index < -0.39 is 27.3 Å². The van der Waals surface area contributed by atoms with Crippen LogP contribution in [0, 0.1) is 13.8 Å². The van der Waals surface area contributed by atoms with E-state index in [-0.39, 0.29) is 58.9 Å². The van der Waals surface area contributed by atoms with Gasteiger partial charge < -0.3 is 24.6 Å². The fourth-order valence-corrected chi connectivity index (χ4v) is 8.28. The number of pyridine rings is 1. The van der Waals surface area contributed by atoms with Crippen LogP contribution < -0.4 is 14.8 Å². The van der Waals surface area contributed by atoms with E-state index in [2.05, 4.69) is 15.0 Å². The molecule has 2 saturated heterocycles. The number of hydrogen-bond acceptors (Lipinski definition) is 8. The first-order valence-corrected chi connectivity index (χ1v) is 17.8. The summed E-state index contributed by atoms with van der Waals surface area (Å²) in [6.45, 7) is 11.4. The van der Waals surface area contributed by atoms with Gasteiger partial charge in [-0.25, -0.2) is 18.2 Å². The van der Waals surface area contributed by atoms with Crippen LogP contribution in [-0.4, -0.2) is 85.6 Å². The molecule has 2 fully saturated rings. The Morgan fingerprint density at radius 1 is 1.02 bits per heavy atom. The van der Waals surface area contributed by atoms with Gasteiger partial charge in [0.25, 0.3) is 0 Å². The zero-order valence-corrected chi connectivity index (χ0v) is 29.6. The Hall–Kier alpha value is -3.16. The Morgan fingerprint density at radius 2 is 1.70 bits per heavy atom. The van der Waals surface area contributed by atoms with Gasteiger partial charge in [-0.15, -0.1) is 0 Å². The molecule has 3 heterocycles. The molecular formula is C33H41Cl2N5O6S. The van der Waals surface area contributed by atoms with E-state index in [0.717, 1.165) is 16.6 Å². The minimum absolute atomic E-state index is 0.0579. The van der Waals surface area contributed by atoms with Crippen molar-refractivity contribution in [3.8, 4) is 5.75 Å². The molecular weight excluding hydrogens is 665 g/mol. The summed E-state index contributed by atoms with van der Waals surface area (Å²) in [5, 5.41) is 4.27. The highest BCUT2D eigenvalue weighted by atomic mass is 35.5. The van der Waals surface area contributed by atoms with E-state index in [0.29, 0.717) is 37.4 Å². The van der Waals surface area contributed by atoms with Crippen molar-refractivity contribution in [2.45, 2.75) is 70.1 Å². The summed E-state index contributed by atoms with van der Waals surface area (Å²) >= 11 is 13.3. The van der Waals surface area contributed by atoms with Crippen LogP contribution in [0.3, 0.4) is 0 Å². The maximum atomic E-state index is 14.1. The third kappa shape index (κ3) is 7.78. The number of benzene rings is 2. The molecule has 0 radical (unpaired) electrons. The van der Waals surface area contributed by atoms with Crippen molar-refractivity contribution in [2.75, 3.05) is 39.3 Å². The van der Waals surface area contributed by atoms with Gasteiger partial charge >= 0.3 is 6.09 Å². The number of piperidine rings is 1. The fraction of sp³-hybridized carbons (Fsp3) is 0.485. The van der Waals surface area contributed by atoms with Crippen molar-refractivity contribution >= 4 is 56.1 Å². The van der Waals surface area contributed by atoms with Crippen molar-refractivity contribution in [3.63, 3.8) is 0 Å². The summed E-state index contributed by atoms with van der Waals surface area (Å²) in [5.74, 6) is 0.166. The summed E-state index contributed by atoms with van der Waals surface area (Å²) in [6, 6.07) is 10.4. The molecule has 254 valence electrons. The number of fused-ring (bicyclic) bond motifs is 1. The van der Waals surface area contributed by atoms with Gasteiger partial charge in [-0.1, -0.05) is 35.3 Å². The molecule has 2 aliphatic heterocycles. The maximum Gasteiger partial charge on any atom is 0.410 e. The van der Waals surface area contributed by atoms with Crippen molar-refractivity contribution < 1.29 is 27.5 Å². The standard InChI is InChI=1S/C33H41Cl2N5O6S/c1-21-19-22(2)37-29-23(21)7-6-8-26(29)45-20-24-25(34)9-10-27(28(24)35)47(43,44)38-33(30(41)39-17-13-36-14-18-39)11-15-40(16-12-33)31(42)46-32(3,4)5/h6-10,19,36,38H,11-18,20H2,1-5H3. The molecule has 2 aromatic carbocycles. The van der Waals surface area contributed by atoms with E-state index in [1.165, 1.54) is 17.0 Å². The average molecular weight is 707 g/mol. The number of sulfonamides is 1. The third-order valence-electron chi connectivity index (χ3n) is 8.36. The first-order valence-electron chi connectivity index (χ1n) is 15.6. The molecule has 0 unspecified atom stereocenters. The summed E-state index contributed by atoms with van der Waals surface area (Å²) < 4.78 is 42.6. The highest BCUT2D eigenvalue weighted by molar-refractivity contribution is 7.89. The van der Waals surface area contributed by atoms with Gasteiger partial charge in [-0.3, -0.25) is 4.79 Å². The number of piperazine rings is 1. The molecule has 0 saturated carbocycles. The highest BCUT2D eigenvalue weighted by Gasteiger charge is 2.48. The molecule has 11 nitrogen and oxygen atoms in total. The summed E-state index contributed by atoms with van der Waals surface area (Å²) in [4.78, 5) is 34.4. The molecule has 3 aromatic rings. The normalized spacial score (nSPS) is 17.1. The number of carbonyl (C=O) groups is 2. The van der Waals surface area contributed by atoms with E-state index >= 15 is 0 Å². The monoisotopic (exact) mass is 705 g/mol. The number of ether oxygens (including phenoxy) is 2. The lowest BCUT2D eigenvalue weighted by Gasteiger charge is -2.44. The van der Waals surface area contributed by atoms with Gasteiger partial charge in [-0.2, -0.15) is 4.72 Å². The number of amides is 2. The first-order chi connectivity index (χ1) is 22.1. The largest absolute Gasteiger partial charge is 0.487 e. The number of hydrogen-bond donors (Lipinski definition) is 2. The molecule has 0 bridgehead atoms.